The second-order valence-corrected chi connectivity index (χ2v) is 4.43. The van der Waals surface area contributed by atoms with Crippen molar-refractivity contribution in [3.8, 4) is 0 Å². The van der Waals surface area contributed by atoms with Gasteiger partial charge in [-0.2, -0.15) is 0 Å². The molecule has 1 amide bonds. The molecular formula is C14H18N2O2. The molecule has 0 spiro atoms. The minimum Gasteiger partial charge on any atom is -0.459 e. The molecule has 0 bridgehead atoms. The van der Waals surface area contributed by atoms with Crippen LogP contribution in [0.4, 0.5) is 0 Å². The first-order valence-electron chi connectivity index (χ1n) is 6.08. The summed E-state index contributed by atoms with van der Waals surface area (Å²) in [5.74, 6) is 0.735. The first-order chi connectivity index (χ1) is 8.61. The lowest BCUT2D eigenvalue weighted by atomic mass is 10.2. The zero-order valence-electron chi connectivity index (χ0n) is 10.9. The minimum atomic E-state index is -0.211. The van der Waals surface area contributed by atoms with Gasteiger partial charge in [-0.15, -0.1) is 0 Å². The Bertz CT molecular complexity index is 514. The monoisotopic (exact) mass is 246 g/mol. The molecule has 2 rings (SSSR count). The molecule has 4 nitrogen and oxygen atoms in total. The lowest BCUT2D eigenvalue weighted by molar-refractivity contribution is -0.123. The van der Waals surface area contributed by atoms with E-state index in [2.05, 4.69) is 10.6 Å². The topological polar surface area (TPSA) is 54.3 Å². The fourth-order valence-corrected chi connectivity index (χ4v) is 1.76. The van der Waals surface area contributed by atoms with Crippen LogP contribution in [0.5, 0.6) is 0 Å². The largest absolute Gasteiger partial charge is 0.459 e. The number of rotatable bonds is 4. The molecule has 0 fully saturated rings. The Morgan fingerprint density at radius 1 is 1.28 bits per heavy atom. The summed E-state index contributed by atoms with van der Waals surface area (Å²) in [6, 6.07) is 9.43. The van der Waals surface area contributed by atoms with E-state index in [0.717, 1.165) is 16.7 Å². The molecule has 1 heterocycles. The van der Waals surface area contributed by atoms with Crippen LogP contribution in [0.15, 0.2) is 34.7 Å². The van der Waals surface area contributed by atoms with E-state index in [1.54, 1.807) is 7.05 Å². The highest BCUT2D eigenvalue weighted by Gasteiger charge is 2.17. The minimum absolute atomic E-state index is 0.0366. The van der Waals surface area contributed by atoms with Gasteiger partial charge in [0.05, 0.1) is 12.1 Å². The van der Waals surface area contributed by atoms with E-state index in [-0.39, 0.29) is 18.0 Å². The highest BCUT2D eigenvalue weighted by atomic mass is 16.3. The van der Waals surface area contributed by atoms with E-state index < -0.39 is 0 Å². The Morgan fingerprint density at radius 2 is 2.00 bits per heavy atom. The lowest BCUT2D eigenvalue weighted by Crippen LogP contribution is -2.41. The highest BCUT2D eigenvalue weighted by molar-refractivity contribution is 5.82. The predicted octanol–water partition coefficient (Wildman–Crippen LogP) is 2.22. The molecular weight excluding hydrogens is 228 g/mol. The van der Waals surface area contributed by atoms with E-state index in [1.165, 1.54) is 0 Å². The van der Waals surface area contributed by atoms with E-state index in [4.69, 9.17) is 4.42 Å². The van der Waals surface area contributed by atoms with Crippen LogP contribution < -0.4 is 10.6 Å². The summed E-state index contributed by atoms with van der Waals surface area (Å²) in [6.45, 7) is 3.73. The average Bonchev–Trinajstić information content (AvgIpc) is 2.81. The summed E-state index contributed by atoms with van der Waals surface area (Å²) in [5.41, 5.74) is 0.843. The van der Waals surface area contributed by atoms with E-state index in [1.807, 2.05) is 44.2 Å². The third kappa shape index (κ3) is 2.54. The highest BCUT2D eigenvalue weighted by Crippen LogP contribution is 2.23. The predicted molar refractivity (Wildman–Crippen MR) is 71.3 cm³/mol. The fraction of sp³-hybridized carbons (Fsp3) is 0.357. The standard InChI is InChI=1S/C14H18N2O2/c1-9(16-14(17)10(2)15-3)13-8-11-6-4-5-7-12(11)18-13/h4-10,15H,1-3H3,(H,16,17). The third-order valence-corrected chi connectivity index (χ3v) is 3.06. The van der Waals surface area contributed by atoms with Gasteiger partial charge in [0.2, 0.25) is 5.91 Å². The molecule has 2 atom stereocenters. The molecule has 2 unspecified atom stereocenters. The van der Waals surface area contributed by atoms with Gasteiger partial charge in [-0.1, -0.05) is 18.2 Å². The maximum Gasteiger partial charge on any atom is 0.237 e. The molecule has 2 aromatic rings. The van der Waals surface area contributed by atoms with E-state index >= 15 is 0 Å². The number of carbonyl (C=O) groups is 1. The molecule has 4 heteroatoms. The van der Waals surface area contributed by atoms with Gasteiger partial charge >= 0.3 is 0 Å². The van der Waals surface area contributed by atoms with Crippen molar-refractivity contribution < 1.29 is 9.21 Å². The number of hydrogen-bond acceptors (Lipinski definition) is 3. The smallest absolute Gasteiger partial charge is 0.237 e. The molecule has 0 aliphatic heterocycles. The Balaban J connectivity index is 2.13. The molecule has 1 aromatic heterocycles. The molecule has 0 aliphatic rings. The number of likely N-dealkylation sites (N-methyl/N-ethyl adjacent to an activating group) is 1. The van der Waals surface area contributed by atoms with Crippen LogP contribution in [0.2, 0.25) is 0 Å². The normalized spacial score (nSPS) is 14.4. The van der Waals surface area contributed by atoms with Crippen LogP contribution >= 0.6 is 0 Å². The molecule has 0 radical (unpaired) electrons. The van der Waals surface area contributed by atoms with Crippen molar-refractivity contribution in [3.05, 3.63) is 36.1 Å². The maximum atomic E-state index is 11.8. The number of hydrogen-bond donors (Lipinski definition) is 2. The van der Waals surface area contributed by atoms with Gasteiger partial charge in [0.1, 0.15) is 11.3 Å². The van der Waals surface area contributed by atoms with Crippen molar-refractivity contribution in [1.82, 2.24) is 10.6 Å². The number of amides is 1. The first-order valence-corrected chi connectivity index (χ1v) is 6.08. The molecule has 18 heavy (non-hydrogen) atoms. The second kappa shape index (κ2) is 5.23. The van der Waals surface area contributed by atoms with Crippen LogP contribution in [0.25, 0.3) is 11.0 Å². The van der Waals surface area contributed by atoms with Crippen molar-refractivity contribution in [2.75, 3.05) is 7.05 Å². The molecule has 96 valence electrons. The molecule has 2 N–H and O–H groups in total. The van der Waals surface area contributed by atoms with Gasteiger partial charge in [-0.25, -0.2) is 0 Å². The zero-order valence-corrected chi connectivity index (χ0v) is 10.9. The van der Waals surface area contributed by atoms with Crippen LogP contribution in [0, 0.1) is 0 Å². The molecule has 0 saturated heterocycles. The molecule has 0 saturated carbocycles. The summed E-state index contributed by atoms with van der Waals surface area (Å²) in [6.07, 6.45) is 0. The van der Waals surface area contributed by atoms with Crippen molar-refractivity contribution in [1.29, 1.82) is 0 Å². The van der Waals surface area contributed by atoms with Gasteiger partial charge in [0.15, 0.2) is 0 Å². The van der Waals surface area contributed by atoms with Gasteiger partial charge < -0.3 is 15.1 Å². The van der Waals surface area contributed by atoms with Crippen LogP contribution in [-0.4, -0.2) is 19.0 Å². The Labute approximate surface area is 106 Å². The quantitative estimate of drug-likeness (QED) is 0.869. The zero-order chi connectivity index (χ0) is 13.1. The number of carbonyl (C=O) groups excluding carboxylic acids is 1. The number of para-hydroxylation sites is 1. The van der Waals surface area contributed by atoms with Crippen molar-refractivity contribution in [3.63, 3.8) is 0 Å². The van der Waals surface area contributed by atoms with Gasteiger partial charge in [0.25, 0.3) is 0 Å². The maximum absolute atomic E-state index is 11.8. The molecule has 0 aliphatic carbocycles. The summed E-state index contributed by atoms with van der Waals surface area (Å²) in [5, 5.41) is 6.87. The Kier molecular flexibility index (Phi) is 3.67. The summed E-state index contributed by atoms with van der Waals surface area (Å²) >= 11 is 0. The summed E-state index contributed by atoms with van der Waals surface area (Å²) < 4.78 is 5.71. The number of fused-ring (bicyclic) bond motifs is 1. The number of benzene rings is 1. The van der Waals surface area contributed by atoms with Crippen molar-refractivity contribution in [2.24, 2.45) is 0 Å². The third-order valence-electron chi connectivity index (χ3n) is 3.06. The Hall–Kier alpha value is -1.81. The van der Waals surface area contributed by atoms with E-state index in [0.29, 0.717) is 0 Å². The van der Waals surface area contributed by atoms with Crippen LogP contribution in [0.1, 0.15) is 25.6 Å². The lowest BCUT2D eigenvalue weighted by Gasteiger charge is -2.15. The SMILES string of the molecule is CNC(C)C(=O)NC(C)c1cc2ccccc2o1. The van der Waals surface area contributed by atoms with Crippen molar-refractivity contribution >= 4 is 16.9 Å². The number of furan rings is 1. The van der Waals surface area contributed by atoms with Gasteiger partial charge in [-0.3, -0.25) is 4.79 Å². The second-order valence-electron chi connectivity index (χ2n) is 4.43. The van der Waals surface area contributed by atoms with E-state index in [9.17, 15) is 4.79 Å². The van der Waals surface area contributed by atoms with Gasteiger partial charge in [0, 0.05) is 5.39 Å². The molecule has 1 aromatic carbocycles. The summed E-state index contributed by atoms with van der Waals surface area (Å²) in [7, 11) is 1.76. The van der Waals surface area contributed by atoms with Crippen LogP contribution in [0.3, 0.4) is 0 Å². The van der Waals surface area contributed by atoms with Crippen LogP contribution in [-0.2, 0) is 4.79 Å². The van der Waals surface area contributed by atoms with Crippen molar-refractivity contribution in [2.45, 2.75) is 25.9 Å². The average molecular weight is 246 g/mol. The fourth-order valence-electron chi connectivity index (χ4n) is 1.76. The first kappa shape index (κ1) is 12.6. The summed E-state index contributed by atoms with van der Waals surface area (Å²) in [4.78, 5) is 11.8. The Morgan fingerprint density at radius 3 is 2.67 bits per heavy atom. The number of nitrogens with one attached hydrogen (secondary N) is 2. The van der Waals surface area contributed by atoms with Gasteiger partial charge in [-0.05, 0) is 33.0 Å².